The summed E-state index contributed by atoms with van der Waals surface area (Å²) >= 11 is 0. The third-order valence-corrected chi connectivity index (χ3v) is 2.02. The summed E-state index contributed by atoms with van der Waals surface area (Å²) in [7, 11) is 1.24. The van der Waals surface area contributed by atoms with Crippen molar-refractivity contribution in [3.05, 3.63) is 0 Å². The van der Waals surface area contributed by atoms with E-state index in [1.165, 1.54) is 7.11 Å². The fourth-order valence-electron chi connectivity index (χ4n) is 1.34. The van der Waals surface area contributed by atoms with Gasteiger partial charge in [-0.2, -0.15) is 0 Å². The zero-order valence-electron chi connectivity index (χ0n) is 7.52. The van der Waals surface area contributed by atoms with E-state index in [1.54, 1.807) is 0 Å². The molecular weight excluding hydrogens is 176 g/mol. The van der Waals surface area contributed by atoms with Crippen LogP contribution in [0.5, 0.6) is 0 Å². The molecule has 1 aliphatic rings. The first-order valence-corrected chi connectivity index (χ1v) is 4.17. The highest BCUT2D eigenvalue weighted by atomic mass is 16.6. The van der Waals surface area contributed by atoms with Crippen LogP contribution in [0.3, 0.4) is 0 Å². The zero-order valence-corrected chi connectivity index (χ0v) is 7.52. The number of ether oxygens (including phenoxy) is 2. The van der Waals surface area contributed by atoms with Crippen molar-refractivity contribution >= 4 is 5.97 Å². The van der Waals surface area contributed by atoms with Crippen molar-refractivity contribution in [3.63, 3.8) is 0 Å². The van der Waals surface area contributed by atoms with Crippen molar-refractivity contribution in [1.29, 1.82) is 0 Å². The van der Waals surface area contributed by atoms with Crippen molar-refractivity contribution in [2.24, 2.45) is 0 Å². The normalized spacial score (nSPS) is 34.2. The third-order valence-electron chi connectivity index (χ3n) is 2.02. The first-order valence-electron chi connectivity index (χ1n) is 4.17. The van der Waals surface area contributed by atoms with E-state index >= 15 is 0 Å². The Balaban J connectivity index is 2.49. The van der Waals surface area contributed by atoms with Gasteiger partial charge in [-0.25, -0.2) is 0 Å². The fraction of sp³-hybridized carbons (Fsp3) is 0.875. The van der Waals surface area contributed by atoms with Crippen LogP contribution >= 0.6 is 0 Å². The van der Waals surface area contributed by atoms with Crippen LogP contribution in [0.15, 0.2) is 0 Å². The van der Waals surface area contributed by atoms with Gasteiger partial charge in [0.15, 0.2) is 5.79 Å². The number of methoxy groups -OCH3 is 1. The molecule has 1 fully saturated rings. The van der Waals surface area contributed by atoms with Gasteiger partial charge < -0.3 is 19.7 Å². The van der Waals surface area contributed by atoms with E-state index in [-0.39, 0.29) is 19.4 Å². The number of hydrogen-bond donors (Lipinski definition) is 2. The Morgan fingerprint density at radius 2 is 2.46 bits per heavy atom. The predicted molar refractivity (Wildman–Crippen MR) is 42.8 cm³/mol. The molecule has 0 aromatic carbocycles. The minimum Gasteiger partial charge on any atom is -0.469 e. The van der Waals surface area contributed by atoms with E-state index < -0.39 is 17.9 Å². The van der Waals surface area contributed by atoms with Crippen molar-refractivity contribution in [2.75, 3.05) is 13.7 Å². The molecule has 0 bridgehead atoms. The van der Waals surface area contributed by atoms with E-state index in [2.05, 4.69) is 4.74 Å². The largest absolute Gasteiger partial charge is 0.469 e. The lowest BCUT2D eigenvalue weighted by atomic mass is 10.0. The molecule has 5 heteroatoms. The van der Waals surface area contributed by atoms with Gasteiger partial charge in [0, 0.05) is 6.42 Å². The quantitative estimate of drug-likeness (QED) is 0.569. The van der Waals surface area contributed by atoms with Crippen molar-refractivity contribution in [1.82, 2.24) is 0 Å². The maximum atomic E-state index is 10.8. The van der Waals surface area contributed by atoms with Gasteiger partial charge in [-0.3, -0.25) is 4.79 Å². The molecule has 1 heterocycles. The molecule has 0 aromatic rings. The highest BCUT2D eigenvalue weighted by Crippen LogP contribution is 2.25. The highest BCUT2D eigenvalue weighted by Gasteiger charge is 2.37. The van der Waals surface area contributed by atoms with Gasteiger partial charge in [-0.15, -0.1) is 0 Å². The highest BCUT2D eigenvalue weighted by molar-refractivity contribution is 5.70. The van der Waals surface area contributed by atoms with E-state index in [0.29, 0.717) is 6.42 Å². The summed E-state index contributed by atoms with van der Waals surface area (Å²) in [6.07, 6.45) is -0.296. The molecule has 0 aromatic heterocycles. The second-order valence-electron chi connectivity index (χ2n) is 3.19. The molecule has 2 atom stereocenters. The molecule has 1 aliphatic heterocycles. The average Bonchev–Trinajstić information content (AvgIpc) is 2.02. The Kier molecular flexibility index (Phi) is 3.24. The van der Waals surface area contributed by atoms with Crippen molar-refractivity contribution in [2.45, 2.75) is 31.2 Å². The van der Waals surface area contributed by atoms with Gasteiger partial charge >= 0.3 is 5.97 Å². The average molecular weight is 190 g/mol. The molecule has 13 heavy (non-hydrogen) atoms. The topological polar surface area (TPSA) is 76.0 Å². The number of aliphatic hydroxyl groups excluding tert-OH is 1. The molecule has 0 spiro atoms. The second kappa shape index (κ2) is 4.04. The molecule has 1 saturated heterocycles. The minimum absolute atomic E-state index is 0.0576. The van der Waals surface area contributed by atoms with Crippen LogP contribution in [0.4, 0.5) is 0 Å². The summed E-state index contributed by atoms with van der Waals surface area (Å²) in [4.78, 5) is 10.8. The number of aliphatic hydroxyl groups is 2. The second-order valence-corrected chi connectivity index (χ2v) is 3.19. The lowest BCUT2D eigenvalue weighted by molar-refractivity contribution is -0.247. The Hall–Kier alpha value is -0.650. The molecule has 0 saturated carbocycles. The number of carbonyl (C=O) groups excluding carboxylic acids is 1. The molecule has 0 amide bonds. The monoisotopic (exact) mass is 190 g/mol. The summed E-state index contributed by atoms with van der Waals surface area (Å²) in [5.41, 5.74) is 0. The smallest absolute Gasteiger partial charge is 0.310 e. The summed E-state index contributed by atoms with van der Waals surface area (Å²) in [5, 5.41) is 18.9. The predicted octanol–water partition coefficient (Wildman–Crippen LogP) is -0.591. The standard InChI is InChI=1S/C8H14O5/c1-12-7(10)5-8(11)4-6(9)2-3-13-8/h6,9,11H,2-5H2,1H3. The maximum Gasteiger partial charge on any atom is 0.310 e. The van der Waals surface area contributed by atoms with Crippen molar-refractivity contribution in [3.8, 4) is 0 Å². The summed E-state index contributed by atoms with van der Waals surface area (Å²) in [6.45, 7) is 0.259. The van der Waals surface area contributed by atoms with E-state index in [4.69, 9.17) is 4.74 Å². The van der Waals surface area contributed by atoms with E-state index in [1.807, 2.05) is 0 Å². The number of rotatable bonds is 2. The molecule has 2 N–H and O–H groups in total. The van der Waals surface area contributed by atoms with Crippen LogP contribution in [0.1, 0.15) is 19.3 Å². The zero-order chi connectivity index (χ0) is 9.90. The Labute approximate surface area is 76.3 Å². The van der Waals surface area contributed by atoms with Crippen LogP contribution in [0.2, 0.25) is 0 Å². The Morgan fingerprint density at radius 1 is 1.77 bits per heavy atom. The van der Waals surface area contributed by atoms with Gasteiger partial charge in [0.25, 0.3) is 0 Å². The summed E-state index contributed by atoms with van der Waals surface area (Å²) in [5.74, 6) is -2.10. The van der Waals surface area contributed by atoms with Crippen LogP contribution < -0.4 is 0 Å². The van der Waals surface area contributed by atoms with Crippen LogP contribution in [0, 0.1) is 0 Å². The summed E-state index contributed by atoms with van der Waals surface area (Å²) < 4.78 is 9.40. The molecule has 1 rings (SSSR count). The van der Waals surface area contributed by atoms with Crippen LogP contribution in [-0.4, -0.2) is 41.8 Å². The number of carbonyl (C=O) groups is 1. The van der Waals surface area contributed by atoms with Gasteiger partial charge in [-0.1, -0.05) is 0 Å². The van der Waals surface area contributed by atoms with Gasteiger partial charge in [-0.05, 0) is 6.42 Å². The van der Waals surface area contributed by atoms with Crippen LogP contribution in [0.25, 0.3) is 0 Å². The lowest BCUT2D eigenvalue weighted by Crippen LogP contribution is -2.43. The van der Waals surface area contributed by atoms with Crippen molar-refractivity contribution < 1.29 is 24.5 Å². The van der Waals surface area contributed by atoms with Gasteiger partial charge in [0.2, 0.25) is 0 Å². The Bertz CT molecular complexity index is 193. The molecular formula is C8H14O5. The molecule has 76 valence electrons. The minimum atomic E-state index is -1.55. The Morgan fingerprint density at radius 3 is 3.00 bits per heavy atom. The SMILES string of the molecule is COC(=O)CC1(O)CC(O)CCO1. The fourth-order valence-corrected chi connectivity index (χ4v) is 1.34. The maximum absolute atomic E-state index is 10.8. The van der Waals surface area contributed by atoms with Gasteiger partial charge in [0.05, 0.1) is 26.2 Å². The first kappa shape index (κ1) is 10.4. The number of esters is 1. The number of hydrogen-bond acceptors (Lipinski definition) is 5. The molecule has 0 aliphatic carbocycles. The lowest BCUT2D eigenvalue weighted by Gasteiger charge is -2.33. The third kappa shape index (κ3) is 2.95. The van der Waals surface area contributed by atoms with Crippen LogP contribution in [-0.2, 0) is 14.3 Å². The van der Waals surface area contributed by atoms with Gasteiger partial charge in [0.1, 0.15) is 0 Å². The molecule has 0 radical (unpaired) electrons. The summed E-state index contributed by atoms with van der Waals surface area (Å²) in [6, 6.07) is 0. The van der Waals surface area contributed by atoms with E-state index in [0.717, 1.165) is 0 Å². The molecule has 5 nitrogen and oxygen atoms in total. The first-order chi connectivity index (χ1) is 6.06. The molecule has 2 unspecified atom stereocenters. The van der Waals surface area contributed by atoms with E-state index in [9.17, 15) is 15.0 Å².